The van der Waals surface area contributed by atoms with Crippen molar-refractivity contribution in [2.45, 2.75) is 25.3 Å². The zero-order valence-electron chi connectivity index (χ0n) is 7.46. The number of hydrogen-bond acceptors (Lipinski definition) is 4. The Bertz CT molecular complexity index is 108. The molecule has 0 saturated carbocycles. The second-order valence-corrected chi connectivity index (χ2v) is 2.77. The predicted octanol–water partition coefficient (Wildman–Crippen LogP) is -0.769. The molecule has 0 saturated heterocycles. The van der Waals surface area contributed by atoms with E-state index in [4.69, 9.17) is 11.5 Å². The van der Waals surface area contributed by atoms with Gasteiger partial charge in [-0.25, -0.2) is 0 Å². The fraction of sp³-hybridized carbons (Fsp3) is 0.875. The molecule has 5 N–H and O–H groups in total. The normalized spacial score (nSPS) is 12.8. The third kappa shape index (κ3) is 6.27. The monoisotopic (exact) mass is 173 g/mol. The van der Waals surface area contributed by atoms with E-state index in [1.165, 1.54) is 0 Å². The van der Waals surface area contributed by atoms with Crippen molar-refractivity contribution in [3.05, 3.63) is 0 Å². The quantitative estimate of drug-likeness (QED) is 0.332. The molecule has 0 radical (unpaired) electrons. The average Bonchev–Trinajstić information content (AvgIpc) is 2.11. The fourth-order valence-corrected chi connectivity index (χ4v) is 0.945. The van der Waals surface area contributed by atoms with Crippen LogP contribution >= 0.6 is 0 Å². The highest BCUT2D eigenvalue weighted by Crippen LogP contribution is 1.92. The second-order valence-electron chi connectivity index (χ2n) is 2.77. The summed E-state index contributed by atoms with van der Waals surface area (Å²) in [6.07, 6.45) is 3.56. The summed E-state index contributed by atoms with van der Waals surface area (Å²) in [4.78, 5) is 10.5. The number of carbonyl (C=O) groups excluding carboxylic acids is 1. The van der Waals surface area contributed by atoms with Crippen molar-refractivity contribution in [3.63, 3.8) is 0 Å². The van der Waals surface area contributed by atoms with Gasteiger partial charge in [-0.15, -0.1) is 0 Å². The lowest BCUT2D eigenvalue weighted by molar-refractivity contribution is -0.109. The lowest BCUT2D eigenvalue weighted by Crippen LogP contribution is -2.32. The number of nitrogens with two attached hydrogens (primary N) is 2. The summed E-state index contributed by atoms with van der Waals surface area (Å²) in [5, 5.41) is 3.10. The Labute approximate surface area is 73.7 Å². The van der Waals surface area contributed by atoms with Gasteiger partial charge in [-0.2, -0.15) is 0 Å². The van der Waals surface area contributed by atoms with Gasteiger partial charge in [0.05, 0.1) is 6.04 Å². The Morgan fingerprint density at radius 2 is 1.92 bits per heavy atom. The minimum Gasteiger partial charge on any atom is -0.330 e. The van der Waals surface area contributed by atoms with Gasteiger partial charge in [-0.3, -0.25) is 0 Å². The zero-order chi connectivity index (χ0) is 9.23. The molecule has 0 bridgehead atoms. The molecule has 0 aromatic rings. The van der Waals surface area contributed by atoms with Gasteiger partial charge in [0, 0.05) is 0 Å². The third-order valence-electron chi connectivity index (χ3n) is 1.67. The molecule has 0 fully saturated rings. The Kier molecular flexibility index (Phi) is 8.32. The van der Waals surface area contributed by atoms with Crippen LogP contribution in [0.2, 0.25) is 0 Å². The molecule has 72 valence electrons. The Morgan fingerprint density at radius 1 is 1.25 bits per heavy atom. The van der Waals surface area contributed by atoms with Gasteiger partial charge in [0.1, 0.15) is 6.29 Å². The van der Waals surface area contributed by atoms with Gasteiger partial charge in [0.15, 0.2) is 0 Å². The first-order chi connectivity index (χ1) is 5.85. The maximum atomic E-state index is 10.5. The molecule has 0 rings (SSSR count). The van der Waals surface area contributed by atoms with E-state index >= 15 is 0 Å². The van der Waals surface area contributed by atoms with Crippen LogP contribution in [0.1, 0.15) is 19.3 Å². The molecule has 12 heavy (non-hydrogen) atoms. The highest BCUT2D eigenvalue weighted by Gasteiger charge is 2.03. The van der Waals surface area contributed by atoms with Crippen LogP contribution in [0.25, 0.3) is 0 Å². The molecule has 0 heterocycles. The van der Waals surface area contributed by atoms with E-state index in [2.05, 4.69) is 5.32 Å². The summed E-state index contributed by atoms with van der Waals surface area (Å²) in [5.74, 6) is 0. The number of carbonyl (C=O) groups is 1. The summed E-state index contributed by atoms with van der Waals surface area (Å²) in [5.41, 5.74) is 10.6. The maximum absolute atomic E-state index is 10.5. The SMILES string of the molecule is NCCCN[C@H](C=O)CCCN. The van der Waals surface area contributed by atoms with Gasteiger partial charge in [0.2, 0.25) is 0 Å². The molecule has 0 aliphatic carbocycles. The standard InChI is InChI=1S/C8H19N3O/c9-4-1-3-8(7-12)11-6-2-5-10/h7-8,11H,1-6,9-10H2/t8-/m0/s1. The van der Waals surface area contributed by atoms with E-state index in [0.717, 1.165) is 32.1 Å². The molecule has 0 aliphatic rings. The average molecular weight is 173 g/mol. The van der Waals surface area contributed by atoms with E-state index < -0.39 is 0 Å². The maximum Gasteiger partial charge on any atom is 0.136 e. The highest BCUT2D eigenvalue weighted by atomic mass is 16.1. The van der Waals surface area contributed by atoms with Crippen molar-refractivity contribution in [1.29, 1.82) is 0 Å². The molecular formula is C8H19N3O. The Morgan fingerprint density at radius 3 is 2.42 bits per heavy atom. The van der Waals surface area contributed by atoms with Crippen LogP contribution in [0.3, 0.4) is 0 Å². The van der Waals surface area contributed by atoms with Gasteiger partial charge in [-0.05, 0) is 38.9 Å². The van der Waals surface area contributed by atoms with Crippen molar-refractivity contribution in [3.8, 4) is 0 Å². The molecule has 4 heteroatoms. The van der Waals surface area contributed by atoms with Crippen LogP contribution in [0.15, 0.2) is 0 Å². The summed E-state index contributed by atoms with van der Waals surface area (Å²) >= 11 is 0. The zero-order valence-corrected chi connectivity index (χ0v) is 7.46. The molecule has 0 spiro atoms. The van der Waals surface area contributed by atoms with Crippen LogP contribution in [0.4, 0.5) is 0 Å². The van der Waals surface area contributed by atoms with E-state index in [-0.39, 0.29) is 6.04 Å². The molecule has 0 aromatic heterocycles. The minimum atomic E-state index is -0.0416. The molecule has 0 unspecified atom stereocenters. The van der Waals surface area contributed by atoms with Gasteiger partial charge >= 0.3 is 0 Å². The summed E-state index contributed by atoms with van der Waals surface area (Å²) in [7, 11) is 0. The smallest absolute Gasteiger partial charge is 0.136 e. The Balaban J connectivity index is 3.32. The van der Waals surface area contributed by atoms with Crippen LogP contribution in [0.5, 0.6) is 0 Å². The fourth-order valence-electron chi connectivity index (χ4n) is 0.945. The van der Waals surface area contributed by atoms with Crippen molar-refractivity contribution >= 4 is 6.29 Å². The molecular weight excluding hydrogens is 154 g/mol. The van der Waals surface area contributed by atoms with Crippen molar-refractivity contribution in [2.24, 2.45) is 11.5 Å². The number of aldehydes is 1. The first-order valence-electron chi connectivity index (χ1n) is 4.44. The highest BCUT2D eigenvalue weighted by molar-refractivity contribution is 5.57. The van der Waals surface area contributed by atoms with Gasteiger partial charge in [0.25, 0.3) is 0 Å². The first kappa shape index (κ1) is 11.6. The van der Waals surface area contributed by atoms with E-state index in [1.807, 2.05) is 0 Å². The summed E-state index contributed by atoms with van der Waals surface area (Å²) in [6, 6.07) is -0.0416. The minimum absolute atomic E-state index is 0.0416. The largest absolute Gasteiger partial charge is 0.330 e. The number of hydrogen-bond donors (Lipinski definition) is 3. The molecule has 0 amide bonds. The molecule has 1 atom stereocenters. The van der Waals surface area contributed by atoms with Crippen LogP contribution in [-0.4, -0.2) is 32.0 Å². The number of rotatable bonds is 8. The van der Waals surface area contributed by atoms with Crippen LogP contribution < -0.4 is 16.8 Å². The number of nitrogens with one attached hydrogen (secondary N) is 1. The summed E-state index contributed by atoms with van der Waals surface area (Å²) in [6.45, 7) is 2.11. The van der Waals surface area contributed by atoms with Gasteiger partial charge in [-0.1, -0.05) is 0 Å². The molecule has 0 aromatic carbocycles. The molecule has 4 nitrogen and oxygen atoms in total. The van der Waals surface area contributed by atoms with E-state index in [9.17, 15) is 4.79 Å². The van der Waals surface area contributed by atoms with Crippen LogP contribution in [0, 0.1) is 0 Å². The lowest BCUT2D eigenvalue weighted by Gasteiger charge is -2.10. The van der Waals surface area contributed by atoms with Gasteiger partial charge < -0.3 is 21.6 Å². The van der Waals surface area contributed by atoms with Crippen molar-refractivity contribution in [1.82, 2.24) is 5.32 Å². The first-order valence-corrected chi connectivity index (χ1v) is 4.44. The van der Waals surface area contributed by atoms with Crippen LogP contribution in [-0.2, 0) is 4.79 Å². The third-order valence-corrected chi connectivity index (χ3v) is 1.67. The van der Waals surface area contributed by atoms with Crippen molar-refractivity contribution in [2.75, 3.05) is 19.6 Å². The topological polar surface area (TPSA) is 81.1 Å². The van der Waals surface area contributed by atoms with E-state index in [0.29, 0.717) is 13.1 Å². The summed E-state index contributed by atoms with van der Waals surface area (Å²) < 4.78 is 0. The lowest BCUT2D eigenvalue weighted by atomic mass is 10.2. The molecule has 0 aliphatic heterocycles. The van der Waals surface area contributed by atoms with E-state index in [1.54, 1.807) is 0 Å². The van der Waals surface area contributed by atoms with Crippen molar-refractivity contribution < 1.29 is 4.79 Å². The predicted molar refractivity (Wildman–Crippen MR) is 49.8 cm³/mol. The Hall–Kier alpha value is -0.450. The second kappa shape index (κ2) is 8.64.